The van der Waals surface area contributed by atoms with Gasteiger partial charge < -0.3 is 4.74 Å². The molecule has 0 N–H and O–H groups in total. The molecule has 32 heavy (non-hydrogen) atoms. The van der Waals surface area contributed by atoms with E-state index in [1.165, 1.54) is 10.5 Å². The zero-order valence-electron chi connectivity index (χ0n) is 17.2. The Morgan fingerprint density at radius 1 is 0.906 bits per heavy atom. The molecule has 1 aliphatic rings. The molecule has 1 saturated heterocycles. The lowest BCUT2D eigenvalue weighted by molar-refractivity contribution is -0.123. The minimum atomic E-state index is -0.328. The second-order valence-electron chi connectivity index (χ2n) is 7.36. The van der Waals surface area contributed by atoms with Crippen LogP contribution in [0.4, 0.5) is 4.79 Å². The van der Waals surface area contributed by atoms with Crippen molar-refractivity contribution >= 4 is 52.2 Å². The Hall–Kier alpha value is -2.73. The molecule has 2 amide bonds. The number of thioether (sulfide) groups is 1. The molecule has 4 nitrogen and oxygen atoms in total. The molecule has 0 bridgehead atoms. The van der Waals surface area contributed by atoms with E-state index in [-0.39, 0.29) is 17.7 Å². The van der Waals surface area contributed by atoms with Crippen LogP contribution in [0.25, 0.3) is 6.08 Å². The zero-order valence-corrected chi connectivity index (χ0v) is 19.5. The van der Waals surface area contributed by atoms with E-state index in [1.807, 2.05) is 43.3 Å². The highest BCUT2D eigenvalue weighted by molar-refractivity contribution is 8.18. The van der Waals surface area contributed by atoms with Crippen LogP contribution in [-0.2, 0) is 17.9 Å². The quantitative estimate of drug-likeness (QED) is 0.350. The molecule has 0 spiro atoms. The van der Waals surface area contributed by atoms with Crippen molar-refractivity contribution in [2.45, 2.75) is 20.1 Å². The number of ether oxygens (including phenoxy) is 1. The summed E-state index contributed by atoms with van der Waals surface area (Å²) in [6.07, 6.45) is 1.71. The Balaban J connectivity index is 1.40. The average Bonchev–Trinajstić information content (AvgIpc) is 3.04. The van der Waals surface area contributed by atoms with Crippen molar-refractivity contribution in [1.29, 1.82) is 0 Å². The van der Waals surface area contributed by atoms with E-state index in [1.54, 1.807) is 24.3 Å². The van der Waals surface area contributed by atoms with Crippen LogP contribution in [0.15, 0.2) is 71.6 Å². The molecular formula is C25H19Cl2NO3S. The number of aryl methyl sites for hydroxylation is 1. The summed E-state index contributed by atoms with van der Waals surface area (Å²) < 4.78 is 5.82. The van der Waals surface area contributed by atoms with Gasteiger partial charge >= 0.3 is 0 Å². The van der Waals surface area contributed by atoms with Crippen molar-refractivity contribution < 1.29 is 14.3 Å². The van der Waals surface area contributed by atoms with Gasteiger partial charge in [0.1, 0.15) is 12.4 Å². The van der Waals surface area contributed by atoms with Crippen LogP contribution in [0, 0.1) is 6.92 Å². The van der Waals surface area contributed by atoms with Gasteiger partial charge in [0.05, 0.1) is 21.5 Å². The van der Waals surface area contributed by atoms with Crippen LogP contribution in [0.2, 0.25) is 10.0 Å². The van der Waals surface area contributed by atoms with Crippen molar-refractivity contribution in [3.63, 3.8) is 0 Å². The Kier molecular flexibility index (Phi) is 6.89. The third-order valence-corrected chi connectivity index (χ3v) is 6.55. The van der Waals surface area contributed by atoms with E-state index in [0.717, 1.165) is 34.2 Å². The monoisotopic (exact) mass is 483 g/mol. The summed E-state index contributed by atoms with van der Waals surface area (Å²) in [4.78, 5) is 26.7. The predicted octanol–water partition coefficient (Wildman–Crippen LogP) is 7.12. The minimum Gasteiger partial charge on any atom is -0.489 e. The van der Waals surface area contributed by atoms with Crippen LogP contribution in [-0.4, -0.2) is 16.0 Å². The lowest BCUT2D eigenvalue weighted by Crippen LogP contribution is -2.27. The van der Waals surface area contributed by atoms with Gasteiger partial charge in [0, 0.05) is 0 Å². The molecule has 0 unspecified atom stereocenters. The summed E-state index contributed by atoms with van der Waals surface area (Å²) in [6, 6.07) is 20.6. The summed E-state index contributed by atoms with van der Waals surface area (Å²) in [6.45, 7) is 2.67. The molecule has 3 aromatic carbocycles. The molecule has 4 rings (SSSR count). The number of hydrogen-bond donors (Lipinski definition) is 0. The molecule has 1 aliphatic heterocycles. The standard InChI is InChI=1S/C25H19Cl2NO3S/c1-16-2-4-18(5-3-16)15-31-20-9-6-17(7-10-20)13-23-24(29)28(25(30)32-23)14-19-8-11-21(26)22(27)12-19/h2-13H,14-15H2,1H3/b23-13-. The first-order chi connectivity index (χ1) is 15.4. The molecule has 162 valence electrons. The van der Waals surface area contributed by atoms with Gasteiger partial charge in [-0.1, -0.05) is 71.2 Å². The maximum atomic E-state index is 12.8. The molecule has 0 aliphatic carbocycles. The van der Waals surface area contributed by atoms with Crippen LogP contribution in [0.1, 0.15) is 22.3 Å². The van der Waals surface area contributed by atoms with Gasteiger partial charge in [0.15, 0.2) is 0 Å². The number of imide groups is 1. The van der Waals surface area contributed by atoms with Crippen LogP contribution in [0.5, 0.6) is 5.75 Å². The predicted molar refractivity (Wildman–Crippen MR) is 130 cm³/mol. The van der Waals surface area contributed by atoms with E-state index < -0.39 is 0 Å². The normalized spacial score (nSPS) is 15.0. The third kappa shape index (κ3) is 5.36. The smallest absolute Gasteiger partial charge is 0.293 e. The summed E-state index contributed by atoms with van der Waals surface area (Å²) in [5, 5.41) is 0.498. The summed E-state index contributed by atoms with van der Waals surface area (Å²) in [5.74, 6) is 0.404. The Morgan fingerprint density at radius 2 is 1.59 bits per heavy atom. The fourth-order valence-corrected chi connectivity index (χ4v) is 4.28. The summed E-state index contributed by atoms with van der Waals surface area (Å²) in [7, 11) is 0. The highest BCUT2D eigenvalue weighted by Crippen LogP contribution is 2.34. The first kappa shape index (κ1) is 22.5. The van der Waals surface area contributed by atoms with Gasteiger partial charge in [-0.3, -0.25) is 14.5 Å². The third-order valence-electron chi connectivity index (χ3n) is 4.90. The molecule has 0 aromatic heterocycles. The number of carbonyl (C=O) groups is 2. The van der Waals surface area contributed by atoms with Crippen LogP contribution in [0.3, 0.4) is 0 Å². The SMILES string of the molecule is Cc1ccc(COc2ccc(/C=C3\SC(=O)N(Cc4ccc(Cl)c(Cl)c4)C3=O)cc2)cc1. The van der Waals surface area contributed by atoms with Gasteiger partial charge in [-0.25, -0.2) is 0 Å². The number of carbonyl (C=O) groups excluding carboxylic acids is 2. The largest absolute Gasteiger partial charge is 0.489 e. The number of hydrogen-bond acceptors (Lipinski definition) is 4. The maximum absolute atomic E-state index is 12.8. The Bertz CT molecular complexity index is 1190. The minimum absolute atomic E-state index is 0.144. The highest BCUT2D eigenvalue weighted by atomic mass is 35.5. The topological polar surface area (TPSA) is 46.6 Å². The second kappa shape index (κ2) is 9.82. The molecular weight excluding hydrogens is 465 g/mol. The summed E-state index contributed by atoms with van der Waals surface area (Å²) >= 11 is 12.9. The second-order valence-corrected chi connectivity index (χ2v) is 9.17. The number of halogens is 2. The van der Waals surface area contributed by atoms with Gasteiger partial charge in [0.25, 0.3) is 11.1 Å². The van der Waals surface area contributed by atoms with Crippen molar-refractivity contribution in [2.24, 2.45) is 0 Å². The molecule has 7 heteroatoms. The van der Waals surface area contributed by atoms with Crippen LogP contribution >= 0.6 is 35.0 Å². The lowest BCUT2D eigenvalue weighted by atomic mass is 10.1. The zero-order chi connectivity index (χ0) is 22.7. The maximum Gasteiger partial charge on any atom is 0.293 e. The molecule has 0 radical (unpaired) electrons. The van der Waals surface area contributed by atoms with E-state index in [9.17, 15) is 9.59 Å². The molecule has 1 heterocycles. The lowest BCUT2D eigenvalue weighted by Gasteiger charge is -2.12. The highest BCUT2D eigenvalue weighted by Gasteiger charge is 2.35. The van der Waals surface area contributed by atoms with E-state index in [4.69, 9.17) is 27.9 Å². The number of amides is 2. The summed E-state index contributed by atoms with van der Waals surface area (Å²) in [5.41, 5.74) is 3.85. The number of benzene rings is 3. The Morgan fingerprint density at radius 3 is 2.28 bits per heavy atom. The number of nitrogens with zero attached hydrogens (tertiary/aromatic N) is 1. The van der Waals surface area contributed by atoms with Gasteiger partial charge in [-0.2, -0.15) is 0 Å². The molecule has 0 atom stereocenters. The van der Waals surface area contributed by atoms with E-state index >= 15 is 0 Å². The van der Waals surface area contributed by atoms with Gasteiger partial charge in [-0.15, -0.1) is 0 Å². The fourth-order valence-electron chi connectivity index (χ4n) is 3.12. The Labute approximate surface area is 200 Å². The van der Waals surface area contributed by atoms with Crippen LogP contribution < -0.4 is 4.74 Å². The van der Waals surface area contributed by atoms with Crippen molar-refractivity contribution in [1.82, 2.24) is 4.90 Å². The van der Waals surface area contributed by atoms with E-state index in [2.05, 4.69) is 12.1 Å². The van der Waals surface area contributed by atoms with E-state index in [0.29, 0.717) is 21.6 Å². The van der Waals surface area contributed by atoms with Crippen molar-refractivity contribution in [3.8, 4) is 5.75 Å². The van der Waals surface area contributed by atoms with Crippen molar-refractivity contribution in [3.05, 3.63) is 104 Å². The number of rotatable bonds is 6. The molecule has 0 saturated carbocycles. The fraction of sp³-hybridized carbons (Fsp3) is 0.120. The molecule has 1 fully saturated rings. The first-order valence-electron chi connectivity index (χ1n) is 9.87. The van der Waals surface area contributed by atoms with Crippen molar-refractivity contribution in [2.75, 3.05) is 0 Å². The first-order valence-corrected chi connectivity index (χ1v) is 11.4. The molecule has 3 aromatic rings. The van der Waals surface area contributed by atoms with Gasteiger partial charge in [-0.05, 0) is 65.7 Å². The average molecular weight is 484 g/mol. The van der Waals surface area contributed by atoms with Gasteiger partial charge in [0.2, 0.25) is 0 Å².